The predicted molar refractivity (Wildman–Crippen MR) is 122 cm³/mol. The number of nitrogens with two attached hydrogens (primary N) is 1. The number of H-pyrrole nitrogens is 1. The van der Waals surface area contributed by atoms with E-state index in [9.17, 15) is 13.6 Å². The fraction of sp³-hybridized carbons (Fsp3) is 0.200. The number of ketones is 1. The molecule has 5 rings (SSSR count). The molecule has 1 aliphatic heterocycles. The van der Waals surface area contributed by atoms with Gasteiger partial charge in [-0.3, -0.25) is 9.69 Å². The topological polar surface area (TPSA) is 84.2 Å². The highest BCUT2D eigenvalue weighted by Crippen LogP contribution is 2.29. The Bertz CT molecular complexity index is 1350. The van der Waals surface area contributed by atoms with Gasteiger partial charge in [0.2, 0.25) is 5.78 Å². The molecule has 4 aromatic rings. The molecule has 2 aromatic carbocycles. The van der Waals surface area contributed by atoms with Gasteiger partial charge >= 0.3 is 0 Å². The molecule has 1 fully saturated rings. The minimum absolute atomic E-state index is 0.132. The summed E-state index contributed by atoms with van der Waals surface area (Å²) in [6, 6.07) is 12.0. The average Bonchev–Trinajstić information content (AvgIpc) is 3.26. The number of fused-ring (bicyclic) bond motifs is 1. The standard InChI is InChI=1S/C25H22F2N4O2/c26-20-4-5-21(28)23(27)22(20)24(32)19-13-30-25-18(19)11-17(12-29-25)16-3-1-2-15(10-16)14-31-6-8-33-9-7-31/h1-5,10-13H,6-9,14,28H2,(H,29,30). The monoisotopic (exact) mass is 448 g/mol. The van der Waals surface area contributed by atoms with Crippen molar-refractivity contribution in [2.24, 2.45) is 0 Å². The molecule has 33 heavy (non-hydrogen) atoms. The molecular formula is C25H22F2N4O2. The molecule has 3 heterocycles. The average molecular weight is 448 g/mol. The maximum Gasteiger partial charge on any atom is 0.201 e. The third-order valence-corrected chi connectivity index (χ3v) is 5.89. The van der Waals surface area contributed by atoms with E-state index in [0.717, 1.165) is 61.7 Å². The largest absolute Gasteiger partial charge is 0.396 e. The van der Waals surface area contributed by atoms with Gasteiger partial charge in [0.25, 0.3) is 0 Å². The molecule has 0 unspecified atom stereocenters. The molecule has 0 spiro atoms. The number of carbonyl (C=O) groups is 1. The molecule has 0 aliphatic carbocycles. The van der Waals surface area contributed by atoms with Crippen molar-refractivity contribution in [3.63, 3.8) is 0 Å². The normalized spacial score (nSPS) is 14.6. The number of ether oxygens (including phenoxy) is 1. The van der Waals surface area contributed by atoms with Gasteiger partial charge in [-0.05, 0) is 35.4 Å². The summed E-state index contributed by atoms with van der Waals surface area (Å²) in [5.74, 6) is -2.81. The molecule has 0 bridgehead atoms. The molecule has 0 radical (unpaired) electrons. The zero-order chi connectivity index (χ0) is 22.9. The number of anilines is 1. The minimum atomic E-state index is -1.06. The predicted octanol–water partition coefficient (Wildman–Crippen LogP) is 4.15. The summed E-state index contributed by atoms with van der Waals surface area (Å²) in [6.45, 7) is 4.07. The molecule has 0 saturated carbocycles. The van der Waals surface area contributed by atoms with E-state index in [0.29, 0.717) is 11.0 Å². The van der Waals surface area contributed by atoms with E-state index < -0.39 is 23.0 Å². The lowest BCUT2D eigenvalue weighted by molar-refractivity contribution is 0.0342. The Morgan fingerprint density at radius 2 is 1.94 bits per heavy atom. The first-order valence-corrected chi connectivity index (χ1v) is 10.7. The quantitative estimate of drug-likeness (QED) is 0.354. The number of morpholine rings is 1. The van der Waals surface area contributed by atoms with Crippen LogP contribution in [0.3, 0.4) is 0 Å². The molecule has 6 nitrogen and oxygen atoms in total. The van der Waals surface area contributed by atoms with Crippen molar-refractivity contribution < 1.29 is 18.3 Å². The van der Waals surface area contributed by atoms with Crippen LogP contribution >= 0.6 is 0 Å². The summed E-state index contributed by atoms with van der Waals surface area (Å²) in [5.41, 5.74) is 8.08. The van der Waals surface area contributed by atoms with Crippen molar-refractivity contribution in [1.29, 1.82) is 0 Å². The van der Waals surface area contributed by atoms with Gasteiger partial charge in [-0.25, -0.2) is 13.8 Å². The summed E-state index contributed by atoms with van der Waals surface area (Å²) < 4.78 is 34.2. The number of nitrogens with one attached hydrogen (secondary N) is 1. The van der Waals surface area contributed by atoms with Crippen LogP contribution in [0.15, 0.2) is 54.9 Å². The van der Waals surface area contributed by atoms with E-state index in [1.807, 2.05) is 18.2 Å². The number of aromatic amines is 1. The number of halogens is 2. The summed E-state index contributed by atoms with van der Waals surface area (Å²) in [7, 11) is 0. The number of nitrogen functional groups attached to an aromatic ring is 1. The van der Waals surface area contributed by atoms with Crippen LogP contribution in [-0.2, 0) is 11.3 Å². The first-order valence-electron chi connectivity index (χ1n) is 10.7. The van der Waals surface area contributed by atoms with E-state index in [2.05, 4.69) is 27.0 Å². The van der Waals surface area contributed by atoms with Crippen LogP contribution in [0.1, 0.15) is 21.5 Å². The van der Waals surface area contributed by atoms with Crippen molar-refractivity contribution in [2.75, 3.05) is 32.0 Å². The Kier molecular flexibility index (Phi) is 5.62. The summed E-state index contributed by atoms with van der Waals surface area (Å²) in [5, 5.41) is 0.484. The van der Waals surface area contributed by atoms with Gasteiger partial charge in [0.1, 0.15) is 11.5 Å². The third-order valence-electron chi connectivity index (χ3n) is 5.89. The summed E-state index contributed by atoms with van der Waals surface area (Å²) in [6.07, 6.45) is 3.13. The van der Waals surface area contributed by atoms with Crippen LogP contribution in [0.4, 0.5) is 14.5 Å². The van der Waals surface area contributed by atoms with E-state index in [-0.39, 0.29) is 11.3 Å². The van der Waals surface area contributed by atoms with Gasteiger partial charge in [0, 0.05) is 48.5 Å². The van der Waals surface area contributed by atoms with Crippen molar-refractivity contribution in [3.8, 4) is 11.1 Å². The lowest BCUT2D eigenvalue weighted by atomic mass is 9.99. The molecule has 168 valence electrons. The van der Waals surface area contributed by atoms with Gasteiger partial charge in [-0.15, -0.1) is 0 Å². The lowest BCUT2D eigenvalue weighted by Gasteiger charge is -2.26. The number of benzene rings is 2. The second-order valence-electron chi connectivity index (χ2n) is 8.07. The first kappa shape index (κ1) is 21.2. The van der Waals surface area contributed by atoms with Crippen LogP contribution in [0, 0.1) is 11.6 Å². The first-order chi connectivity index (χ1) is 16.0. The number of nitrogens with zero attached hydrogens (tertiary/aromatic N) is 2. The van der Waals surface area contributed by atoms with Gasteiger partial charge in [-0.2, -0.15) is 0 Å². The molecule has 1 saturated heterocycles. The molecule has 2 aromatic heterocycles. The van der Waals surface area contributed by atoms with Crippen molar-refractivity contribution >= 4 is 22.5 Å². The van der Waals surface area contributed by atoms with Gasteiger partial charge in [0.05, 0.1) is 24.5 Å². The van der Waals surface area contributed by atoms with Gasteiger partial charge in [0.15, 0.2) is 5.82 Å². The van der Waals surface area contributed by atoms with E-state index in [4.69, 9.17) is 10.5 Å². The van der Waals surface area contributed by atoms with Gasteiger partial charge < -0.3 is 15.5 Å². The van der Waals surface area contributed by atoms with Crippen LogP contribution in [0.25, 0.3) is 22.2 Å². The Morgan fingerprint density at radius 3 is 2.76 bits per heavy atom. The smallest absolute Gasteiger partial charge is 0.201 e. The highest BCUT2D eigenvalue weighted by Gasteiger charge is 2.24. The fourth-order valence-corrected chi connectivity index (χ4v) is 4.13. The van der Waals surface area contributed by atoms with Crippen molar-refractivity contribution in [1.82, 2.24) is 14.9 Å². The fourth-order valence-electron chi connectivity index (χ4n) is 4.13. The van der Waals surface area contributed by atoms with Crippen LogP contribution in [0.2, 0.25) is 0 Å². The third kappa shape index (κ3) is 4.10. The number of pyridine rings is 1. The Hall–Kier alpha value is -3.62. The highest BCUT2D eigenvalue weighted by atomic mass is 19.1. The van der Waals surface area contributed by atoms with Crippen molar-refractivity contribution in [2.45, 2.75) is 6.54 Å². The molecule has 0 atom stereocenters. The lowest BCUT2D eigenvalue weighted by Crippen LogP contribution is -2.35. The molecule has 0 amide bonds. The summed E-state index contributed by atoms with van der Waals surface area (Å²) in [4.78, 5) is 22.7. The van der Waals surface area contributed by atoms with Gasteiger partial charge in [-0.1, -0.05) is 18.2 Å². The minimum Gasteiger partial charge on any atom is -0.396 e. The summed E-state index contributed by atoms with van der Waals surface area (Å²) >= 11 is 0. The van der Waals surface area contributed by atoms with Crippen LogP contribution in [0.5, 0.6) is 0 Å². The molecule has 3 N–H and O–H groups in total. The Morgan fingerprint density at radius 1 is 1.12 bits per heavy atom. The SMILES string of the molecule is Nc1ccc(F)c(C(=O)c2c[nH]c3ncc(-c4cccc(CN5CCOCC5)c4)cc23)c1F. The number of carbonyl (C=O) groups excluding carboxylic acids is 1. The maximum absolute atomic E-state index is 14.5. The number of aromatic nitrogens is 2. The molecule has 1 aliphatic rings. The highest BCUT2D eigenvalue weighted by molar-refractivity contribution is 6.16. The maximum atomic E-state index is 14.5. The molecule has 8 heteroatoms. The Labute approximate surface area is 189 Å². The Balaban J connectivity index is 1.50. The molecular weight excluding hydrogens is 426 g/mol. The van der Waals surface area contributed by atoms with Crippen LogP contribution < -0.4 is 5.73 Å². The number of rotatable bonds is 5. The van der Waals surface area contributed by atoms with E-state index in [1.165, 1.54) is 6.20 Å². The van der Waals surface area contributed by atoms with Crippen molar-refractivity contribution in [3.05, 3.63) is 83.2 Å². The second-order valence-corrected chi connectivity index (χ2v) is 8.07. The van der Waals surface area contributed by atoms with Crippen LogP contribution in [-0.4, -0.2) is 47.0 Å². The van der Waals surface area contributed by atoms with E-state index in [1.54, 1.807) is 6.20 Å². The van der Waals surface area contributed by atoms with E-state index >= 15 is 0 Å². The zero-order valence-corrected chi connectivity index (χ0v) is 17.8. The zero-order valence-electron chi connectivity index (χ0n) is 17.8. The number of hydrogen-bond acceptors (Lipinski definition) is 5. The second kappa shape index (κ2) is 8.73. The number of hydrogen-bond donors (Lipinski definition) is 2.